The van der Waals surface area contributed by atoms with Crippen LogP contribution in [0.25, 0.3) is 6.08 Å². The molecule has 2 aromatic rings. The molecule has 86 valence electrons. The number of aromatic nitrogens is 1. The molecule has 0 spiro atoms. The molecule has 0 aliphatic carbocycles. The van der Waals surface area contributed by atoms with E-state index in [1.165, 1.54) is 5.56 Å². The number of pyridine rings is 1. The Morgan fingerprint density at radius 2 is 2.12 bits per heavy atom. The number of hydrogen-bond acceptors (Lipinski definition) is 2. The third kappa shape index (κ3) is 2.72. The Hall–Kier alpha value is -2.09. The van der Waals surface area contributed by atoms with Crippen molar-refractivity contribution < 1.29 is 0 Å². The Balaban J connectivity index is 2.27. The van der Waals surface area contributed by atoms with Gasteiger partial charge in [0.25, 0.3) is 0 Å². The Bertz CT molecular complexity index is 518. The molecule has 0 bridgehead atoms. The highest BCUT2D eigenvalue weighted by atomic mass is 15.0. The number of nitrogens with one attached hydrogen (secondary N) is 1. The van der Waals surface area contributed by atoms with E-state index in [0.717, 1.165) is 23.5 Å². The van der Waals surface area contributed by atoms with Crippen molar-refractivity contribution in [2.45, 2.75) is 13.3 Å². The first-order valence-electron chi connectivity index (χ1n) is 5.77. The Labute approximate surface area is 102 Å². The Morgan fingerprint density at radius 1 is 1.29 bits per heavy atom. The molecule has 0 amide bonds. The number of hydrogen-bond donors (Lipinski definition) is 1. The van der Waals surface area contributed by atoms with E-state index < -0.39 is 0 Å². The number of nitrogens with zero attached hydrogens (tertiary/aromatic N) is 1. The summed E-state index contributed by atoms with van der Waals surface area (Å²) in [7, 11) is 0. The van der Waals surface area contributed by atoms with Gasteiger partial charge in [-0.3, -0.25) is 0 Å². The highest BCUT2D eigenvalue weighted by molar-refractivity contribution is 5.70. The summed E-state index contributed by atoms with van der Waals surface area (Å²) in [6.07, 6.45) is 4.68. The third-order valence-corrected chi connectivity index (χ3v) is 2.68. The van der Waals surface area contributed by atoms with Gasteiger partial charge >= 0.3 is 0 Å². The molecule has 0 aliphatic heterocycles. The van der Waals surface area contributed by atoms with Crippen molar-refractivity contribution in [2.75, 3.05) is 5.32 Å². The molecule has 0 saturated carbocycles. The van der Waals surface area contributed by atoms with E-state index in [2.05, 4.69) is 29.9 Å². The van der Waals surface area contributed by atoms with Crippen LogP contribution in [0.1, 0.15) is 18.1 Å². The molecule has 17 heavy (non-hydrogen) atoms. The molecule has 0 radical (unpaired) electrons. The minimum Gasteiger partial charge on any atom is -0.340 e. The van der Waals surface area contributed by atoms with Crippen molar-refractivity contribution in [1.82, 2.24) is 4.98 Å². The molecule has 2 rings (SSSR count). The largest absolute Gasteiger partial charge is 0.340 e. The van der Waals surface area contributed by atoms with Gasteiger partial charge in [0, 0.05) is 11.9 Å². The molecule has 0 atom stereocenters. The van der Waals surface area contributed by atoms with Crippen molar-refractivity contribution in [1.29, 1.82) is 0 Å². The van der Waals surface area contributed by atoms with Crippen LogP contribution in [0, 0.1) is 0 Å². The van der Waals surface area contributed by atoms with Crippen LogP contribution in [-0.2, 0) is 6.42 Å². The first kappa shape index (κ1) is 11.4. The van der Waals surface area contributed by atoms with Gasteiger partial charge in [0.1, 0.15) is 5.82 Å². The summed E-state index contributed by atoms with van der Waals surface area (Å²) in [4.78, 5) is 4.31. The fourth-order valence-corrected chi connectivity index (χ4v) is 1.69. The summed E-state index contributed by atoms with van der Waals surface area (Å²) in [5.74, 6) is 0.874. The standard InChI is InChI=1S/C15H16N2/c1-3-12-9-10-16-15(11-12)17-14-8-6-5-7-13(14)4-2/h4-11H,2-3H2,1H3,(H,16,17). The van der Waals surface area contributed by atoms with Gasteiger partial charge in [-0.2, -0.15) is 0 Å². The molecular weight excluding hydrogens is 208 g/mol. The van der Waals surface area contributed by atoms with E-state index >= 15 is 0 Å². The second-order valence-corrected chi connectivity index (χ2v) is 3.82. The smallest absolute Gasteiger partial charge is 0.130 e. The van der Waals surface area contributed by atoms with Gasteiger partial charge < -0.3 is 5.32 Å². The topological polar surface area (TPSA) is 24.9 Å². The number of aryl methyl sites for hydroxylation is 1. The maximum atomic E-state index is 4.31. The average molecular weight is 224 g/mol. The maximum Gasteiger partial charge on any atom is 0.130 e. The second kappa shape index (κ2) is 5.30. The van der Waals surface area contributed by atoms with Gasteiger partial charge in [-0.1, -0.05) is 37.8 Å². The monoisotopic (exact) mass is 224 g/mol. The summed E-state index contributed by atoms with van der Waals surface area (Å²) in [5, 5.41) is 3.32. The van der Waals surface area contributed by atoms with Gasteiger partial charge in [0.15, 0.2) is 0 Å². The molecule has 2 nitrogen and oxygen atoms in total. The van der Waals surface area contributed by atoms with E-state index in [1.54, 1.807) is 0 Å². The third-order valence-electron chi connectivity index (χ3n) is 2.68. The van der Waals surface area contributed by atoms with Crippen LogP contribution >= 0.6 is 0 Å². The lowest BCUT2D eigenvalue weighted by Crippen LogP contribution is -1.96. The SMILES string of the molecule is C=Cc1ccccc1Nc1cc(CC)ccn1. The summed E-state index contributed by atoms with van der Waals surface area (Å²) in [6, 6.07) is 12.2. The molecule has 0 fully saturated rings. The summed E-state index contributed by atoms with van der Waals surface area (Å²) in [6.45, 7) is 5.94. The highest BCUT2D eigenvalue weighted by Crippen LogP contribution is 2.20. The van der Waals surface area contributed by atoms with Crippen molar-refractivity contribution in [3.05, 3.63) is 60.3 Å². The van der Waals surface area contributed by atoms with Crippen molar-refractivity contribution in [3.63, 3.8) is 0 Å². The highest BCUT2D eigenvalue weighted by Gasteiger charge is 2.00. The van der Waals surface area contributed by atoms with Crippen LogP contribution in [0.3, 0.4) is 0 Å². The average Bonchev–Trinajstić information content (AvgIpc) is 2.39. The van der Waals surface area contributed by atoms with Crippen LogP contribution < -0.4 is 5.32 Å². The fourth-order valence-electron chi connectivity index (χ4n) is 1.69. The van der Waals surface area contributed by atoms with Gasteiger partial charge in [-0.15, -0.1) is 0 Å². The van der Waals surface area contributed by atoms with E-state index in [-0.39, 0.29) is 0 Å². The number of benzene rings is 1. The summed E-state index contributed by atoms with van der Waals surface area (Å²) in [5.41, 5.74) is 3.39. The maximum absolute atomic E-state index is 4.31. The molecule has 1 aromatic heterocycles. The van der Waals surface area contributed by atoms with Crippen LogP contribution in [0.2, 0.25) is 0 Å². The van der Waals surface area contributed by atoms with Crippen molar-refractivity contribution in [2.24, 2.45) is 0 Å². The van der Waals surface area contributed by atoms with Crippen LogP contribution in [0.4, 0.5) is 11.5 Å². The fraction of sp³-hybridized carbons (Fsp3) is 0.133. The Kier molecular flexibility index (Phi) is 3.55. The zero-order valence-corrected chi connectivity index (χ0v) is 9.98. The molecule has 0 aliphatic rings. The molecule has 0 unspecified atom stereocenters. The van der Waals surface area contributed by atoms with Gasteiger partial charge in [0.2, 0.25) is 0 Å². The van der Waals surface area contributed by atoms with Crippen LogP contribution in [0.15, 0.2) is 49.2 Å². The normalized spacial score (nSPS) is 9.94. The van der Waals surface area contributed by atoms with Crippen molar-refractivity contribution >= 4 is 17.6 Å². The quantitative estimate of drug-likeness (QED) is 0.848. The summed E-state index contributed by atoms with van der Waals surface area (Å²) < 4.78 is 0. The van der Waals surface area contributed by atoms with E-state index in [4.69, 9.17) is 0 Å². The molecule has 0 saturated heterocycles. The number of para-hydroxylation sites is 1. The zero-order valence-electron chi connectivity index (χ0n) is 9.98. The summed E-state index contributed by atoms with van der Waals surface area (Å²) >= 11 is 0. The lowest BCUT2D eigenvalue weighted by Gasteiger charge is -2.09. The van der Waals surface area contributed by atoms with Crippen molar-refractivity contribution in [3.8, 4) is 0 Å². The van der Waals surface area contributed by atoms with E-state index in [1.807, 2.05) is 42.6 Å². The lowest BCUT2D eigenvalue weighted by atomic mass is 10.1. The second-order valence-electron chi connectivity index (χ2n) is 3.82. The minimum absolute atomic E-state index is 0.874. The Morgan fingerprint density at radius 3 is 2.88 bits per heavy atom. The number of rotatable bonds is 4. The van der Waals surface area contributed by atoms with Gasteiger partial charge in [-0.25, -0.2) is 4.98 Å². The minimum atomic E-state index is 0.874. The van der Waals surface area contributed by atoms with E-state index in [9.17, 15) is 0 Å². The number of anilines is 2. The van der Waals surface area contributed by atoms with Crippen LogP contribution in [0.5, 0.6) is 0 Å². The van der Waals surface area contributed by atoms with Gasteiger partial charge in [-0.05, 0) is 35.7 Å². The predicted octanol–water partition coefficient (Wildman–Crippen LogP) is 4.03. The molecule has 2 heteroatoms. The van der Waals surface area contributed by atoms with Crippen LogP contribution in [-0.4, -0.2) is 4.98 Å². The molecule has 1 heterocycles. The predicted molar refractivity (Wildman–Crippen MR) is 73.4 cm³/mol. The van der Waals surface area contributed by atoms with Gasteiger partial charge in [0.05, 0.1) is 0 Å². The zero-order chi connectivity index (χ0) is 12.1. The lowest BCUT2D eigenvalue weighted by molar-refractivity contribution is 1.12. The molecule has 1 aromatic carbocycles. The molecule has 1 N–H and O–H groups in total. The molecular formula is C15H16N2. The van der Waals surface area contributed by atoms with E-state index in [0.29, 0.717) is 0 Å². The first-order chi connectivity index (χ1) is 8.33. The first-order valence-corrected chi connectivity index (χ1v) is 5.77.